The largest absolute Gasteiger partial charge is 0.467 e. The molecule has 8 heteroatoms. The summed E-state index contributed by atoms with van der Waals surface area (Å²) in [5.41, 5.74) is 0. The smallest absolute Gasteiger partial charge is 0.324 e. The highest BCUT2D eigenvalue weighted by Crippen LogP contribution is 2.14. The van der Waals surface area contributed by atoms with Gasteiger partial charge in [0.05, 0.1) is 20.8 Å². The van der Waals surface area contributed by atoms with E-state index in [9.17, 15) is 0 Å². The zero-order valence-corrected chi connectivity index (χ0v) is 11.8. The fraction of sp³-hybridized carbons (Fsp3) is 0.727. The maximum absolute atomic E-state index is 5.00. The molecule has 1 N–H and O–H groups in total. The first-order chi connectivity index (χ1) is 9.21. The van der Waals surface area contributed by atoms with E-state index in [-0.39, 0.29) is 12.0 Å². The van der Waals surface area contributed by atoms with Crippen LogP contribution in [0, 0.1) is 0 Å². The molecule has 0 saturated carbocycles. The second-order valence-electron chi connectivity index (χ2n) is 3.77. The Hall–Kier alpha value is -1.67. The van der Waals surface area contributed by atoms with E-state index in [1.54, 1.807) is 7.11 Å². The van der Waals surface area contributed by atoms with E-state index in [1.807, 2.05) is 11.9 Å². The van der Waals surface area contributed by atoms with Gasteiger partial charge < -0.3 is 24.4 Å². The third-order valence-electron chi connectivity index (χ3n) is 2.40. The van der Waals surface area contributed by atoms with Crippen LogP contribution in [0.25, 0.3) is 0 Å². The Labute approximate surface area is 113 Å². The first-order valence-corrected chi connectivity index (χ1v) is 5.96. The summed E-state index contributed by atoms with van der Waals surface area (Å²) in [7, 11) is 6.58. The molecular weight excluding hydrogens is 250 g/mol. The lowest BCUT2D eigenvalue weighted by Crippen LogP contribution is -2.32. The van der Waals surface area contributed by atoms with Crippen molar-refractivity contribution in [3.05, 3.63) is 0 Å². The average Bonchev–Trinajstić information content (AvgIpc) is 2.46. The Morgan fingerprint density at radius 2 is 1.63 bits per heavy atom. The van der Waals surface area contributed by atoms with Crippen LogP contribution in [0.5, 0.6) is 12.0 Å². The zero-order valence-electron chi connectivity index (χ0n) is 11.8. The van der Waals surface area contributed by atoms with Crippen LogP contribution < -0.4 is 19.7 Å². The number of methoxy groups -OCH3 is 3. The van der Waals surface area contributed by atoms with E-state index in [0.29, 0.717) is 12.6 Å². The molecule has 0 aromatic carbocycles. The van der Waals surface area contributed by atoms with Gasteiger partial charge in [0.25, 0.3) is 0 Å². The molecule has 0 aliphatic rings. The summed E-state index contributed by atoms with van der Waals surface area (Å²) in [6, 6.07) is 0.474. The summed E-state index contributed by atoms with van der Waals surface area (Å²) in [6.45, 7) is 3.06. The summed E-state index contributed by atoms with van der Waals surface area (Å²) < 4.78 is 15.0. The molecule has 19 heavy (non-hydrogen) atoms. The van der Waals surface area contributed by atoms with Gasteiger partial charge in [0, 0.05) is 33.8 Å². The maximum atomic E-state index is 5.00. The monoisotopic (exact) mass is 271 g/mol. The van der Waals surface area contributed by atoms with Crippen molar-refractivity contribution >= 4 is 5.95 Å². The number of ether oxygens (including phenoxy) is 3. The quantitative estimate of drug-likeness (QED) is 0.605. The van der Waals surface area contributed by atoms with Gasteiger partial charge in [-0.3, -0.25) is 0 Å². The predicted octanol–water partition coefficient (Wildman–Crippen LogP) is -0.439. The number of hydrogen-bond acceptors (Lipinski definition) is 8. The Bertz CT molecular complexity index is 355. The van der Waals surface area contributed by atoms with Gasteiger partial charge in [0.15, 0.2) is 0 Å². The number of aromatic nitrogens is 3. The fourth-order valence-corrected chi connectivity index (χ4v) is 1.33. The van der Waals surface area contributed by atoms with Crippen molar-refractivity contribution in [2.75, 3.05) is 59.5 Å². The molecule has 108 valence electrons. The minimum Gasteiger partial charge on any atom is -0.467 e. The zero-order chi connectivity index (χ0) is 14.1. The Morgan fingerprint density at radius 1 is 1.00 bits per heavy atom. The number of nitrogens with one attached hydrogen (secondary N) is 1. The Balaban J connectivity index is 2.53. The summed E-state index contributed by atoms with van der Waals surface area (Å²) in [6.07, 6.45) is 0. The van der Waals surface area contributed by atoms with Crippen LogP contribution in [-0.4, -0.2) is 69.6 Å². The van der Waals surface area contributed by atoms with Crippen LogP contribution in [0.1, 0.15) is 0 Å². The molecule has 0 aliphatic carbocycles. The number of anilines is 1. The van der Waals surface area contributed by atoms with Gasteiger partial charge in [-0.1, -0.05) is 0 Å². The number of nitrogens with zero attached hydrogens (tertiary/aromatic N) is 4. The van der Waals surface area contributed by atoms with Crippen molar-refractivity contribution in [3.63, 3.8) is 0 Å². The lowest BCUT2D eigenvalue weighted by Gasteiger charge is -2.17. The summed E-state index contributed by atoms with van der Waals surface area (Å²) in [5, 5.41) is 3.24. The van der Waals surface area contributed by atoms with Crippen molar-refractivity contribution < 1.29 is 14.2 Å². The molecule has 0 unspecified atom stereocenters. The minimum absolute atomic E-state index is 0.237. The molecule has 1 aromatic rings. The van der Waals surface area contributed by atoms with E-state index < -0.39 is 0 Å². The van der Waals surface area contributed by atoms with Crippen molar-refractivity contribution in [1.29, 1.82) is 0 Å². The van der Waals surface area contributed by atoms with Crippen LogP contribution in [0.2, 0.25) is 0 Å². The molecule has 1 aromatic heterocycles. The molecule has 0 amide bonds. The molecule has 0 radical (unpaired) electrons. The van der Waals surface area contributed by atoms with Gasteiger partial charge >= 0.3 is 12.0 Å². The molecule has 0 saturated heterocycles. The molecule has 0 atom stereocenters. The highest BCUT2D eigenvalue weighted by molar-refractivity contribution is 5.30. The van der Waals surface area contributed by atoms with Crippen LogP contribution in [0.15, 0.2) is 0 Å². The third-order valence-corrected chi connectivity index (χ3v) is 2.40. The Morgan fingerprint density at radius 3 is 2.16 bits per heavy atom. The first kappa shape index (κ1) is 15.4. The van der Waals surface area contributed by atoms with E-state index in [0.717, 1.165) is 19.6 Å². The van der Waals surface area contributed by atoms with Crippen molar-refractivity contribution in [1.82, 2.24) is 20.3 Å². The molecule has 0 bridgehead atoms. The fourth-order valence-electron chi connectivity index (χ4n) is 1.33. The Kier molecular flexibility index (Phi) is 6.83. The van der Waals surface area contributed by atoms with Crippen LogP contribution in [0.3, 0.4) is 0 Å². The van der Waals surface area contributed by atoms with Crippen molar-refractivity contribution in [3.8, 4) is 12.0 Å². The van der Waals surface area contributed by atoms with E-state index in [2.05, 4.69) is 20.3 Å². The second kappa shape index (κ2) is 8.44. The van der Waals surface area contributed by atoms with Crippen molar-refractivity contribution in [2.45, 2.75) is 0 Å². The van der Waals surface area contributed by atoms with Gasteiger partial charge in [-0.05, 0) is 0 Å². The van der Waals surface area contributed by atoms with E-state index in [4.69, 9.17) is 14.2 Å². The third kappa shape index (κ3) is 5.23. The summed E-state index contributed by atoms with van der Waals surface area (Å²) >= 11 is 0. The standard InChI is InChI=1S/C11H21N5O3/c1-16(7-5-12-6-8-17-2)9-13-10(18-3)15-11(14-9)19-4/h12H,5-8H2,1-4H3. The van der Waals surface area contributed by atoms with Gasteiger partial charge in [0.2, 0.25) is 5.95 Å². The first-order valence-electron chi connectivity index (χ1n) is 5.96. The number of hydrogen-bond donors (Lipinski definition) is 1. The number of rotatable bonds is 9. The van der Waals surface area contributed by atoms with Crippen LogP contribution in [-0.2, 0) is 4.74 Å². The summed E-state index contributed by atoms with van der Waals surface area (Å²) in [4.78, 5) is 14.2. The van der Waals surface area contributed by atoms with Crippen LogP contribution in [0.4, 0.5) is 5.95 Å². The lowest BCUT2D eigenvalue weighted by atomic mass is 10.5. The van der Waals surface area contributed by atoms with Crippen molar-refractivity contribution in [2.24, 2.45) is 0 Å². The second-order valence-corrected chi connectivity index (χ2v) is 3.77. The normalized spacial score (nSPS) is 10.3. The molecule has 0 fully saturated rings. The topological polar surface area (TPSA) is 81.6 Å². The van der Waals surface area contributed by atoms with Gasteiger partial charge in [0.1, 0.15) is 0 Å². The predicted molar refractivity (Wildman–Crippen MR) is 70.9 cm³/mol. The summed E-state index contributed by atoms with van der Waals surface area (Å²) in [5.74, 6) is 0.511. The highest BCUT2D eigenvalue weighted by atomic mass is 16.5. The SMILES string of the molecule is COCCNCCN(C)c1nc(OC)nc(OC)n1. The van der Waals surface area contributed by atoms with E-state index >= 15 is 0 Å². The molecule has 0 aliphatic heterocycles. The molecule has 0 spiro atoms. The minimum atomic E-state index is 0.237. The lowest BCUT2D eigenvalue weighted by molar-refractivity contribution is 0.200. The molecule has 8 nitrogen and oxygen atoms in total. The number of likely N-dealkylation sites (N-methyl/N-ethyl adjacent to an activating group) is 1. The van der Waals surface area contributed by atoms with Gasteiger partial charge in [-0.2, -0.15) is 9.97 Å². The molecule has 1 heterocycles. The average molecular weight is 271 g/mol. The van der Waals surface area contributed by atoms with Gasteiger partial charge in [-0.15, -0.1) is 4.98 Å². The highest BCUT2D eigenvalue weighted by Gasteiger charge is 2.10. The van der Waals surface area contributed by atoms with E-state index in [1.165, 1.54) is 14.2 Å². The van der Waals surface area contributed by atoms with Crippen LogP contribution >= 0.6 is 0 Å². The maximum Gasteiger partial charge on any atom is 0.324 e. The van der Waals surface area contributed by atoms with Gasteiger partial charge in [-0.25, -0.2) is 0 Å². The molecule has 1 rings (SSSR count). The molecular formula is C11H21N5O3.